The fourth-order valence-corrected chi connectivity index (χ4v) is 1.96. The number of hydrogen-bond donors (Lipinski definition) is 3. The first kappa shape index (κ1) is 11.3. The molecule has 0 atom stereocenters. The molecule has 4 nitrogen and oxygen atoms in total. The summed E-state index contributed by atoms with van der Waals surface area (Å²) in [5, 5.41) is 3.34. The number of hydrogen-bond acceptors (Lipinski definition) is 2. The van der Waals surface area contributed by atoms with Gasteiger partial charge in [0.2, 0.25) is 5.96 Å². The Hall–Kier alpha value is -0.770. The molecule has 1 aliphatic carbocycles. The van der Waals surface area contributed by atoms with Gasteiger partial charge in [-0.15, -0.1) is 0 Å². The smallest absolute Gasteiger partial charge is 0.205 e. The summed E-state index contributed by atoms with van der Waals surface area (Å²) in [6, 6.07) is 0.546. The lowest BCUT2D eigenvalue weighted by molar-refractivity contribution is 0.425. The number of nitrogens with two attached hydrogens (primary N) is 1. The van der Waals surface area contributed by atoms with Crippen molar-refractivity contribution in [3.8, 4) is 0 Å². The first-order valence-electron chi connectivity index (χ1n) is 5.56. The zero-order valence-corrected chi connectivity index (χ0v) is 9.05. The molecule has 1 saturated carbocycles. The average Bonchev–Trinajstić information content (AvgIpc) is 2.16. The van der Waals surface area contributed by atoms with Gasteiger partial charge in [-0.2, -0.15) is 0 Å². The second-order valence-corrected chi connectivity index (χ2v) is 3.90. The molecule has 0 aromatic carbocycles. The van der Waals surface area contributed by atoms with Crippen LogP contribution < -0.4 is 16.6 Å². The summed E-state index contributed by atoms with van der Waals surface area (Å²) in [7, 11) is 1.74. The molecule has 1 aliphatic rings. The van der Waals surface area contributed by atoms with E-state index in [9.17, 15) is 0 Å². The average molecular weight is 198 g/mol. The fourth-order valence-electron chi connectivity index (χ4n) is 1.96. The summed E-state index contributed by atoms with van der Waals surface area (Å²) >= 11 is 0. The Balaban J connectivity index is 2.33. The van der Waals surface area contributed by atoms with Gasteiger partial charge in [0, 0.05) is 13.1 Å². The number of nitrogens with one attached hydrogen (secondary N) is 2. The number of guanidine groups is 1. The molecule has 0 spiro atoms. The highest BCUT2D eigenvalue weighted by Crippen LogP contribution is 2.16. The Morgan fingerprint density at radius 1 is 1.14 bits per heavy atom. The molecular formula is C10H22N4. The Kier molecular flexibility index (Phi) is 5.37. The van der Waals surface area contributed by atoms with E-state index in [1.165, 1.54) is 44.9 Å². The molecule has 1 rings (SSSR count). The van der Waals surface area contributed by atoms with Crippen molar-refractivity contribution in [1.82, 2.24) is 10.7 Å². The van der Waals surface area contributed by atoms with Crippen LogP contribution >= 0.6 is 0 Å². The van der Waals surface area contributed by atoms with Gasteiger partial charge in [0.05, 0.1) is 0 Å². The summed E-state index contributed by atoms with van der Waals surface area (Å²) in [4.78, 5) is 4.02. The lowest BCUT2D eigenvalue weighted by atomic mass is 9.97. The maximum Gasteiger partial charge on any atom is 0.205 e. The van der Waals surface area contributed by atoms with Crippen molar-refractivity contribution >= 4 is 5.96 Å². The van der Waals surface area contributed by atoms with Gasteiger partial charge in [-0.3, -0.25) is 10.4 Å². The third kappa shape index (κ3) is 3.96. The van der Waals surface area contributed by atoms with Crippen LogP contribution in [0.15, 0.2) is 4.99 Å². The van der Waals surface area contributed by atoms with Crippen molar-refractivity contribution in [1.29, 1.82) is 0 Å². The van der Waals surface area contributed by atoms with E-state index in [0.29, 0.717) is 12.0 Å². The summed E-state index contributed by atoms with van der Waals surface area (Å²) in [6.07, 6.45) is 9.25. The molecule has 0 bridgehead atoms. The number of hydrazine groups is 1. The first-order valence-corrected chi connectivity index (χ1v) is 5.56. The van der Waals surface area contributed by atoms with E-state index >= 15 is 0 Å². The number of rotatable bonds is 1. The summed E-state index contributed by atoms with van der Waals surface area (Å²) in [6.45, 7) is 0. The largest absolute Gasteiger partial charge is 0.353 e. The summed E-state index contributed by atoms with van der Waals surface area (Å²) < 4.78 is 0. The van der Waals surface area contributed by atoms with E-state index < -0.39 is 0 Å². The molecule has 0 aromatic rings. The Morgan fingerprint density at radius 2 is 1.71 bits per heavy atom. The monoisotopic (exact) mass is 198 g/mol. The van der Waals surface area contributed by atoms with Gasteiger partial charge in [0.25, 0.3) is 0 Å². The number of aliphatic imine (C=N–C) groups is 1. The molecule has 0 amide bonds. The van der Waals surface area contributed by atoms with Gasteiger partial charge in [0.15, 0.2) is 0 Å². The van der Waals surface area contributed by atoms with Gasteiger partial charge in [-0.1, -0.05) is 32.1 Å². The summed E-state index contributed by atoms with van der Waals surface area (Å²) in [5.41, 5.74) is 2.57. The van der Waals surface area contributed by atoms with Crippen molar-refractivity contribution in [2.24, 2.45) is 10.8 Å². The highest BCUT2D eigenvalue weighted by atomic mass is 15.3. The predicted octanol–water partition coefficient (Wildman–Crippen LogP) is 1.14. The van der Waals surface area contributed by atoms with E-state index in [-0.39, 0.29) is 0 Å². The van der Waals surface area contributed by atoms with E-state index in [2.05, 4.69) is 15.7 Å². The molecule has 4 heteroatoms. The highest BCUT2D eigenvalue weighted by Gasteiger charge is 2.11. The minimum Gasteiger partial charge on any atom is -0.353 e. The standard InChI is InChI=1S/C10H22N4/c1-12-10(14-11)13-9-7-5-3-2-4-6-8-9/h9H,2-8,11H2,1H3,(H2,12,13,14). The second kappa shape index (κ2) is 6.65. The van der Waals surface area contributed by atoms with Crippen LogP contribution in [0.25, 0.3) is 0 Å². The molecule has 0 unspecified atom stereocenters. The van der Waals surface area contributed by atoms with Crippen LogP contribution in [0.5, 0.6) is 0 Å². The van der Waals surface area contributed by atoms with E-state index in [1.54, 1.807) is 7.05 Å². The molecule has 1 fully saturated rings. The van der Waals surface area contributed by atoms with Gasteiger partial charge in [-0.25, -0.2) is 5.84 Å². The predicted molar refractivity (Wildman–Crippen MR) is 59.9 cm³/mol. The SMILES string of the molecule is CN=C(NN)NC1CCCCCCC1. The van der Waals surface area contributed by atoms with E-state index in [0.717, 1.165) is 0 Å². The van der Waals surface area contributed by atoms with Crippen LogP contribution in [0.3, 0.4) is 0 Å². The van der Waals surface area contributed by atoms with Crippen LogP contribution in [0.2, 0.25) is 0 Å². The van der Waals surface area contributed by atoms with Crippen LogP contribution in [0, 0.1) is 0 Å². The molecule has 0 radical (unpaired) electrons. The maximum atomic E-state index is 5.33. The maximum absolute atomic E-state index is 5.33. The van der Waals surface area contributed by atoms with Crippen molar-refractivity contribution in [3.63, 3.8) is 0 Å². The number of nitrogens with zero attached hydrogens (tertiary/aromatic N) is 1. The van der Waals surface area contributed by atoms with E-state index in [4.69, 9.17) is 5.84 Å². The van der Waals surface area contributed by atoms with Crippen LogP contribution in [-0.2, 0) is 0 Å². The van der Waals surface area contributed by atoms with Crippen molar-refractivity contribution in [2.75, 3.05) is 7.05 Å². The zero-order chi connectivity index (χ0) is 10.2. The molecule has 4 N–H and O–H groups in total. The second-order valence-electron chi connectivity index (χ2n) is 3.90. The molecule has 0 aliphatic heterocycles. The molecule has 14 heavy (non-hydrogen) atoms. The lowest BCUT2D eigenvalue weighted by Crippen LogP contribution is -2.46. The normalized spacial score (nSPS) is 21.1. The highest BCUT2D eigenvalue weighted by molar-refractivity contribution is 5.79. The van der Waals surface area contributed by atoms with Crippen molar-refractivity contribution < 1.29 is 0 Å². The van der Waals surface area contributed by atoms with Crippen molar-refractivity contribution in [2.45, 2.75) is 51.0 Å². The summed E-state index contributed by atoms with van der Waals surface area (Å²) in [5.74, 6) is 6.03. The Labute approximate surface area is 86.3 Å². The third-order valence-corrected chi connectivity index (χ3v) is 2.81. The van der Waals surface area contributed by atoms with Crippen LogP contribution in [0.4, 0.5) is 0 Å². The third-order valence-electron chi connectivity index (χ3n) is 2.81. The van der Waals surface area contributed by atoms with Gasteiger partial charge >= 0.3 is 0 Å². The fraction of sp³-hybridized carbons (Fsp3) is 0.900. The molecule has 0 heterocycles. The first-order chi connectivity index (χ1) is 6.86. The molecule has 0 aromatic heterocycles. The minimum atomic E-state index is 0.546. The molecule has 82 valence electrons. The van der Waals surface area contributed by atoms with Gasteiger partial charge < -0.3 is 5.32 Å². The van der Waals surface area contributed by atoms with Crippen molar-refractivity contribution in [3.05, 3.63) is 0 Å². The van der Waals surface area contributed by atoms with Gasteiger partial charge in [-0.05, 0) is 12.8 Å². The topological polar surface area (TPSA) is 62.4 Å². The van der Waals surface area contributed by atoms with E-state index in [1.807, 2.05) is 0 Å². The van der Waals surface area contributed by atoms with Gasteiger partial charge in [0.1, 0.15) is 0 Å². The van der Waals surface area contributed by atoms with Crippen LogP contribution in [0.1, 0.15) is 44.9 Å². The molecular weight excluding hydrogens is 176 g/mol. The quantitative estimate of drug-likeness (QED) is 0.256. The lowest BCUT2D eigenvalue weighted by Gasteiger charge is -2.22. The Morgan fingerprint density at radius 3 is 2.21 bits per heavy atom. The minimum absolute atomic E-state index is 0.546. The Bertz CT molecular complexity index is 171. The zero-order valence-electron chi connectivity index (χ0n) is 9.05. The van der Waals surface area contributed by atoms with Crippen LogP contribution in [-0.4, -0.2) is 19.0 Å². The molecule has 0 saturated heterocycles.